The van der Waals surface area contributed by atoms with Gasteiger partial charge in [-0.2, -0.15) is 0 Å². The number of halogens is 1. The van der Waals surface area contributed by atoms with Crippen molar-refractivity contribution in [3.63, 3.8) is 0 Å². The number of H-pyrrole nitrogens is 1. The van der Waals surface area contributed by atoms with E-state index in [2.05, 4.69) is 45.5 Å². The lowest BCUT2D eigenvalue weighted by Gasteiger charge is -2.03. The van der Waals surface area contributed by atoms with Gasteiger partial charge >= 0.3 is 5.97 Å². The number of imidazole rings is 1. The van der Waals surface area contributed by atoms with E-state index in [1.165, 1.54) is 5.56 Å². The third-order valence-corrected chi connectivity index (χ3v) is 4.61. The number of aromatic nitrogens is 2. The van der Waals surface area contributed by atoms with Crippen LogP contribution in [0.4, 0.5) is 0 Å². The number of carbonyl (C=O) groups is 1. The Bertz CT molecular complexity index is 824. The number of rotatable bonds is 2. The van der Waals surface area contributed by atoms with Crippen LogP contribution in [0.15, 0.2) is 36.4 Å². The van der Waals surface area contributed by atoms with E-state index in [1.54, 1.807) is 18.2 Å². The highest BCUT2D eigenvalue weighted by atomic mass is 127. The highest BCUT2D eigenvalue weighted by Crippen LogP contribution is 2.27. The quantitative estimate of drug-likeness (QED) is 0.666. The topological polar surface area (TPSA) is 66.0 Å². The maximum Gasteiger partial charge on any atom is 0.335 e. The van der Waals surface area contributed by atoms with Gasteiger partial charge in [0.15, 0.2) is 0 Å². The van der Waals surface area contributed by atoms with E-state index in [4.69, 9.17) is 5.11 Å². The van der Waals surface area contributed by atoms with Crippen molar-refractivity contribution in [3.05, 3.63) is 51.1 Å². The largest absolute Gasteiger partial charge is 0.478 e. The minimum atomic E-state index is -0.937. The van der Waals surface area contributed by atoms with Crippen LogP contribution in [0.25, 0.3) is 22.4 Å². The number of hydrogen-bond donors (Lipinski definition) is 2. The standard InChI is InChI=1S/C15H11IN2O2/c1-8-3-2-4-10(13(8)16)14-17-11-6-5-9(15(19)20)7-12(11)18-14/h2-7H,1H3,(H,17,18)(H,19,20). The fraction of sp³-hybridized carbons (Fsp3) is 0.0667. The molecule has 2 N–H and O–H groups in total. The molecule has 0 aliphatic rings. The molecule has 0 fully saturated rings. The van der Waals surface area contributed by atoms with Gasteiger partial charge in [0, 0.05) is 9.13 Å². The Kier molecular flexibility index (Phi) is 3.21. The highest BCUT2D eigenvalue weighted by molar-refractivity contribution is 14.1. The van der Waals surface area contributed by atoms with E-state index in [0.717, 1.165) is 26.0 Å². The van der Waals surface area contributed by atoms with Crippen LogP contribution in [-0.2, 0) is 0 Å². The lowest BCUT2D eigenvalue weighted by Crippen LogP contribution is -1.94. The molecule has 0 amide bonds. The summed E-state index contributed by atoms with van der Waals surface area (Å²) in [6, 6.07) is 10.9. The zero-order valence-corrected chi connectivity index (χ0v) is 12.8. The van der Waals surface area contributed by atoms with Gasteiger partial charge in [-0.15, -0.1) is 0 Å². The Balaban J connectivity index is 2.18. The summed E-state index contributed by atoms with van der Waals surface area (Å²) in [4.78, 5) is 18.7. The number of nitrogens with zero attached hydrogens (tertiary/aromatic N) is 1. The number of aryl methyl sites for hydroxylation is 1. The van der Waals surface area contributed by atoms with E-state index >= 15 is 0 Å². The Morgan fingerprint density at radius 3 is 2.85 bits per heavy atom. The molecule has 1 aromatic heterocycles. The number of aromatic carboxylic acids is 1. The van der Waals surface area contributed by atoms with E-state index < -0.39 is 5.97 Å². The predicted octanol–water partition coefficient (Wildman–Crippen LogP) is 3.84. The lowest BCUT2D eigenvalue weighted by molar-refractivity contribution is 0.0697. The van der Waals surface area contributed by atoms with Crippen molar-refractivity contribution in [2.75, 3.05) is 0 Å². The molecule has 4 nitrogen and oxygen atoms in total. The monoisotopic (exact) mass is 378 g/mol. The second kappa shape index (κ2) is 4.90. The number of aromatic amines is 1. The maximum absolute atomic E-state index is 11.0. The van der Waals surface area contributed by atoms with Crippen LogP contribution in [0.1, 0.15) is 15.9 Å². The van der Waals surface area contributed by atoms with Crippen LogP contribution in [0.5, 0.6) is 0 Å². The average molecular weight is 378 g/mol. The van der Waals surface area contributed by atoms with Crippen molar-refractivity contribution in [2.45, 2.75) is 6.92 Å². The first-order valence-electron chi connectivity index (χ1n) is 6.05. The lowest BCUT2D eigenvalue weighted by atomic mass is 10.1. The van der Waals surface area contributed by atoms with E-state index in [-0.39, 0.29) is 5.56 Å². The van der Waals surface area contributed by atoms with E-state index in [0.29, 0.717) is 0 Å². The number of fused-ring (bicyclic) bond motifs is 1. The van der Waals surface area contributed by atoms with Crippen molar-refractivity contribution in [3.8, 4) is 11.4 Å². The van der Waals surface area contributed by atoms with Crippen LogP contribution in [0, 0.1) is 10.5 Å². The van der Waals surface area contributed by atoms with Crippen LogP contribution in [0.2, 0.25) is 0 Å². The Labute approximate surface area is 129 Å². The summed E-state index contributed by atoms with van der Waals surface area (Å²) < 4.78 is 1.14. The Morgan fingerprint density at radius 2 is 2.10 bits per heavy atom. The molecular formula is C15H11IN2O2. The summed E-state index contributed by atoms with van der Waals surface area (Å²) in [5.74, 6) is -0.177. The summed E-state index contributed by atoms with van der Waals surface area (Å²) in [7, 11) is 0. The van der Waals surface area contributed by atoms with Gasteiger partial charge in [0.05, 0.1) is 16.6 Å². The van der Waals surface area contributed by atoms with Gasteiger partial charge in [0.25, 0.3) is 0 Å². The normalized spacial score (nSPS) is 10.9. The Morgan fingerprint density at radius 1 is 1.30 bits per heavy atom. The predicted molar refractivity (Wildman–Crippen MR) is 85.9 cm³/mol. The van der Waals surface area contributed by atoms with Gasteiger partial charge < -0.3 is 10.1 Å². The van der Waals surface area contributed by atoms with Crippen LogP contribution < -0.4 is 0 Å². The van der Waals surface area contributed by atoms with Crippen molar-refractivity contribution in [1.29, 1.82) is 0 Å². The van der Waals surface area contributed by atoms with Gasteiger partial charge in [0.1, 0.15) is 5.82 Å². The minimum absolute atomic E-state index is 0.256. The molecule has 0 bridgehead atoms. The Hall–Kier alpha value is -1.89. The number of hydrogen-bond acceptors (Lipinski definition) is 2. The molecule has 0 spiro atoms. The van der Waals surface area contributed by atoms with E-state index in [9.17, 15) is 4.79 Å². The molecule has 0 radical (unpaired) electrons. The molecule has 0 saturated heterocycles. The fourth-order valence-corrected chi connectivity index (χ4v) is 2.72. The summed E-state index contributed by atoms with van der Waals surface area (Å²) >= 11 is 2.30. The second-order valence-corrected chi connectivity index (χ2v) is 5.64. The van der Waals surface area contributed by atoms with Crippen LogP contribution in [0.3, 0.4) is 0 Å². The molecule has 100 valence electrons. The van der Waals surface area contributed by atoms with E-state index in [1.807, 2.05) is 12.1 Å². The number of nitrogens with one attached hydrogen (secondary N) is 1. The molecule has 0 aliphatic heterocycles. The number of carboxylic acids is 1. The average Bonchev–Trinajstić information content (AvgIpc) is 2.84. The molecular weight excluding hydrogens is 367 g/mol. The third-order valence-electron chi connectivity index (χ3n) is 3.18. The van der Waals surface area contributed by atoms with Crippen molar-refractivity contribution >= 4 is 39.6 Å². The van der Waals surface area contributed by atoms with Gasteiger partial charge in [-0.1, -0.05) is 18.2 Å². The summed E-state index contributed by atoms with van der Waals surface area (Å²) in [5, 5.41) is 9.01. The molecule has 5 heteroatoms. The van der Waals surface area contributed by atoms with Crippen LogP contribution >= 0.6 is 22.6 Å². The third kappa shape index (κ3) is 2.18. The molecule has 1 heterocycles. The van der Waals surface area contributed by atoms with Crippen molar-refractivity contribution < 1.29 is 9.90 Å². The first-order chi connectivity index (χ1) is 9.56. The molecule has 0 atom stereocenters. The number of benzene rings is 2. The minimum Gasteiger partial charge on any atom is -0.478 e. The summed E-state index contributed by atoms with van der Waals surface area (Å²) in [5.41, 5.74) is 3.97. The highest BCUT2D eigenvalue weighted by Gasteiger charge is 2.11. The zero-order valence-electron chi connectivity index (χ0n) is 10.6. The van der Waals surface area contributed by atoms with Crippen LogP contribution in [-0.4, -0.2) is 21.0 Å². The second-order valence-electron chi connectivity index (χ2n) is 4.56. The first-order valence-corrected chi connectivity index (χ1v) is 7.12. The molecule has 0 unspecified atom stereocenters. The smallest absolute Gasteiger partial charge is 0.335 e. The first kappa shape index (κ1) is 13.1. The molecule has 20 heavy (non-hydrogen) atoms. The van der Waals surface area contributed by atoms with Crippen molar-refractivity contribution in [2.24, 2.45) is 0 Å². The molecule has 3 aromatic rings. The number of carboxylic acid groups (broad SMARTS) is 1. The molecule has 3 rings (SSSR count). The van der Waals surface area contributed by atoms with Gasteiger partial charge in [0.2, 0.25) is 0 Å². The molecule has 0 aliphatic carbocycles. The summed E-state index contributed by atoms with van der Waals surface area (Å²) in [6.07, 6.45) is 0. The molecule has 2 aromatic carbocycles. The van der Waals surface area contributed by atoms with Gasteiger partial charge in [-0.3, -0.25) is 0 Å². The summed E-state index contributed by atoms with van der Waals surface area (Å²) in [6.45, 7) is 2.05. The van der Waals surface area contributed by atoms with Gasteiger partial charge in [-0.05, 0) is 53.3 Å². The zero-order chi connectivity index (χ0) is 14.3. The molecule has 0 saturated carbocycles. The fourth-order valence-electron chi connectivity index (χ4n) is 2.10. The SMILES string of the molecule is Cc1cccc(-c2nc3ccc(C(=O)O)cc3[nH]2)c1I. The van der Waals surface area contributed by atoms with Gasteiger partial charge in [-0.25, -0.2) is 9.78 Å². The maximum atomic E-state index is 11.0. The van der Waals surface area contributed by atoms with Crippen molar-refractivity contribution in [1.82, 2.24) is 9.97 Å².